The first-order chi connectivity index (χ1) is 5.61. The van der Waals surface area contributed by atoms with Gasteiger partial charge in [-0.1, -0.05) is 13.8 Å². The van der Waals surface area contributed by atoms with Gasteiger partial charge in [0.05, 0.1) is 7.11 Å². The van der Waals surface area contributed by atoms with Gasteiger partial charge >= 0.3 is 5.97 Å². The summed E-state index contributed by atoms with van der Waals surface area (Å²) in [4.78, 5) is 11.1. The number of esters is 1. The van der Waals surface area contributed by atoms with Crippen LogP contribution in [-0.4, -0.2) is 25.2 Å². The van der Waals surface area contributed by atoms with E-state index >= 15 is 0 Å². The molecule has 1 N–H and O–H groups in total. The molecule has 0 rings (SSSR count). The lowest BCUT2D eigenvalue weighted by atomic mass is 10.2. The molecule has 1 unspecified atom stereocenters. The molecule has 0 heterocycles. The van der Waals surface area contributed by atoms with E-state index in [9.17, 15) is 4.79 Å². The molecule has 0 aromatic rings. The summed E-state index contributed by atoms with van der Waals surface area (Å²) < 4.78 is 4.57. The summed E-state index contributed by atoms with van der Waals surface area (Å²) in [5.41, 5.74) is 0. The Morgan fingerprint density at radius 3 is 2.58 bits per heavy atom. The molecule has 0 bridgehead atoms. The third kappa shape index (κ3) is 3.99. The number of hydrogen-bond acceptors (Lipinski definition) is 3. The Kier molecular flexibility index (Phi) is 5.14. The summed E-state index contributed by atoms with van der Waals surface area (Å²) in [6, 6.07) is -0.151. The predicted molar refractivity (Wildman–Crippen MR) is 47.5 cm³/mol. The Labute approximate surface area is 73.5 Å². The lowest BCUT2D eigenvalue weighted by molar-refractivity contribution is -0.143. The molecular weight excluding hydrogens is 154 g/mol. The van der Waals surface area contributed by atoms with Crippen LogP contribution < -0.4 is 5.32 Å². The summed E-state index contributed by atoms with van der Waals surface area (Å²) in [5.74, 6) is 2.12. The number of rotatable bonds is 4. The van der Waals surface area contributed by atoms with Crippen LogP contribution in [-0.2, 0) is 9.53 Å². The minimum Gasteiger partial charge on any atom is -0.468 e. The van der Waals surface area contributed by atoms with Gasteiger partial charge in [-0.2, -0.15) is 0 Å². The molecular formula is C9H15NO2. The minimum atomic E-state index is -0.375. The molecule has 68 valence electrons. The Morgan fingerprint density at radius 1 is 1.67 bits per heavy atom. The molecule has 12 heavy (non-hydrogen) atoms. The smallest absolute Gasteiger partial charge is 0.323 e. The highest BCUT2D eigenvalue weighted by molar-refractivity contribution is 5.76. The van der Waals surface area contributed by atoms with E-state index in [0.717, 1.165) is 0 Å². The fourth-order valence-corrected chi connectivity index (χ4v) is 0.873. The van der Waals surface area contributed by atoms with E-state index in [-0.39, 0.29) is 18.1 Å². The topological polar surface area (TPSA) is 38.3 Å². The Balaban J connectivity index is 4.05. The lowest BCUT2D eigenvalue weighted by Crippen LogP contribution is -2.41. The van der Waals surface area contributed by atoms with E-state index in [1.54, 1.807) is 0 Å². The average Bonchev–Trinajstić information content (AvgIpc) is 2.01. The van der Waals surface area contributed by atoms with Gasteiger partial charge in [0.15, 0.2) is 0 Å². The van der Waals surface area contributed by atoms with Crippen LogP contribution in [0.2, 0.25) is 0 Å². The Morgan fingerprint density at radius 2 is 2.25 bits per heavy atom. The number of hydrogen-bond donors (Lipinski definition) is 1. The van der Waals surface area contributed by atoms with Gasteiger partial charge in [-0.3, -0.25) is 4.79 Å². The quantitative estimate of drug-likeness (QED) is 0.493. The van der Waals surface area contributed by atoms with Crippen LogP contribution in [0.3, 0.4) is 0 Å². The molecule has 3 nitrogen and oxygen atoms in total. The van der Waals surface area contributed by atoms with E-state index < -0.39 is 0 Å². The van der Waals surface area contributed by atoms with Crippen molar-refractivity contribution in [1.29, 1.82) is 0 Å². The van der Waals surface area contributed by atoms with Crippen LogP contribution in [0.25, 0.3) is 0 Å². The minimum absolute atomic E-state index is 0.224. The van der Waals surface area contributed by atoms with E-state index in [1.165, 1.54) is 7.11 Å². The summed E-state index contributed by atoms with van der Waals surface area (Å²) in [6.07, 6.45) is 5.47. The molecule has 0 aliphatic rings. The number of methoxy groups -OCH3 is 1. The van der Waals surface area contributed by atoms with Crippen molar-refractivity contribution in [2.24, 2.45) is 0 Å². The second-order valence-corrected chi connectivity index (χ2v) is 2.81. The van der Waals surface area contributed by atoms with Gasteiger partial charge in [0.1, 0.15) is 6.04 Å². The fraction of sp³-hybridized carbons (Fsp3) is 0.667. The van der Waals surface area contributed by atoms with Gasteiger partial charge in [0, 0.05) is 12.5 Å². The van der Waals surface area contributed by atoms with Crippen molar-refractivity contribution in [3.8, 4) is 12.3 Å². The summed E-state index contributed by atoms with van der Waals surface area (Å²) >= 11 is 0. The van der Waals surface area contributed by atoms with Crippen molar-refractivity contribution in [2.45, 2.75) is 32.4 Å². The summed E-state index contributed by atoms with van der Waals surface area (Å²) in [5, 5.41) is 3.01. The van der Waals surface area contributed by atoms with Gasteiger partial charge in [-0.05, 0) is 0 Å². The second-order valence-electron chi connectivity index (χ2n) is 2.81. The lowest BCUT2D eigenvalue weighted by Gasteiger charge is -2.16. The van der Waals surface area contributed by atoms with Crippen LogP contribution in [0.4, 0.5) is 0 Å². The number of nitrogens with one attached hydrogen (secondary N) is 1. The highest BCUT2D eigenvalue weighted by Crippen LogP contribution is 1.95. The molecule has 0 radical (unpaired) electrons. The summed E-state index contributed by atoms with van der Waals surface area (Å²) in [6.45, 7) is 3.90. The molecule has 0 aliphatic heterocycles. The Bertz CT molecular complexity index is 181. The zero-order valence-electron chi connectivity index (χ0n) is 7.76. The van der Waals surface area contributed by atoms with Crippen LogP contribution in [0, 0.1) is 12.3 Å². The van der Waals surface area contributed by atoms with Gasteiger partial charge in [-0.25, -0.2) is 0 Å². The van der Waals surface area contributed by atoms with Crippen molar-refractivity contribution in [2.75, 3.05) is 7.11 Å². The fourth-order valence-electron chi connectivity index (χ4n) is 0.873. The molecule has 0 fully saturated rings. The standard InChI is InChI=1S/C9H15NO2/c1-5-6-8(9(11)12-4)10-7(2)3/h1,7-8,10H,6H2,2-4H3. The Hall–Kier alpha value is -1.01. The molecule has 0 amide bonds. The third-order valence-corrected chi connectivity index (χ3v) is 1.34. The van der Waals surface area contributed by atoms with Gasteiger partial charge in [-0.15, -0.1) is 12.3 Å². The zero-order chi connectivity index (χ0) is 9.56. The highest BCUT2D eigenvalue weighted by atomic mass is 16.5. The van der Waals surface area contributed by atoms with Crippen LogP contribution in [0.1, 0.15) is 20.3 Å². The average molecular weight is 169 g/mol. The van der Waals surface area contributed by atoms with Gasteiger partial charge in [0.25, 0.3) is 0 Å². The van der Waals surface area contributed by atoms with Gasteiger partial charge in [0.2, 0.25) is 0 Å². The molecule has 0 saturated heterocycles. The van der Waals surface area contributed by atoms with Crippen LogP contribution >= 0.6 is 0 Å². The van der Waals surface area contributed by atoms with Gasteiger partial charge < -0.3 is 10.1 Å². The number of carbonyl (C=O) groups is 1. The molecule has 0 aliphatic carbocycles. The number of carbonyl (C=O) groups excluding carboxylic acids is 1. The van der Waals surface area contributed by atoms with Crippen LogP contribution in [0.5, 0.6) is 0 Å². The van der Waals surface area contributed by atoms with Crippen molar-refractivity contribution >= 4 is 5.97 Å². The number of terminal acetylenes is 1. The molecule has 0 aromatic heterocycles. The van der Waals surface area contributed by atoms with Crippen molar-refractivity contribution in [1.82, 2.24) is 5.32 Å². The maximum Gasteiger partial charge on any atom is 0.323 e. The van der Waals surface area contributed by atoms with E-state index in [2.05, 4.69) is 16.0 Å². The largest absolute Gasteiger partial charge is 0.468 e. The van der Waals surface area contributed by atoms with Crippen molar-refractivity contribution < 1.29 is 9.53 Å². The first-order valence-corrected chi connectivity index (χ1v) is 3.89. The predicted octanol–water partition coefficient (Wildman–Crippen LogP) is 0.549. The van der Waals surface area contributed by atoms with E-state index in [4.69, 9.17) is 6.42 Å². The maximum atomic E-state index is 11.1. The third-order valence-electron chi connectivity index (χ3n) is 1.34. The molecule has 0 aromatic carbocycles. The first kappa shape index (κ1) is 11.0. The normalized spacial score (nSPS) is 12.2. The number of ether oxygens (including phenoxy) is 1. The SMILES string of the molecule is C#CCC(NC(C)C)C(=O)OC. The van der Waals surface area contributed by atoms with Crippen molar-refractivity contribution in [3.05, 3.63) is 0 Å². The van der Waals surface area contributed by atoms with E-state index in [0.29, 0.717) is 6.42 Å². The highest BCUT2D eigenvalue weighted by Gasteiger charge is 2.17. The van der Waals surface area contributed by atoms with Crippen LogP contribution in [0.15, 0.2) is 0 Å². The maximum absolute atomic E-state index is 11.1. The molecule has 1 atom stereocenters. The van der Waals surface area contributed by atoms with Crippen molar-refractivity contribution in [3.63, 3.8) is 0 Å². The first-order valence-electron chi connectivity index (χ1n) is 3.89. The molecule has 3 heteroatoms. The molecule has 0 saturated carbocycles. The van der Waals surface area contributed by atoms with E-state index in [1.807, 2.05) is 13.8 Å². The molecule has 0 spiro atoms. The monoisotopic (exact) mass is 169 g/mol. The summed E-state index contributed by atoms with van der Waals surface area (Å²) in [7, 11) is 1.36. The zero-order valence-corrected chi connectivity index (χ0v) is 7.76. The second kappa shape index (κ2) is 5.62.